The number of ether oxygens (including phenoxy) is 2. The molecule has 2 aromatic carbocycles. The summed E-state index contributed by atoms with van der Waals surface area (Å²) in [5, 5.41) is 14.5. The molecule has 4 rings (SSSR count). The maximum Gasteiger partial charge on any atom is 0.157 e. The fourth-order valence-electron chi connectivity index (χ4n) is 4.31. The first-order chi connectivity index (χ1) is 13.3. The molecule has 2 unspecified atom stereocenters. The highest BCUT2D eigenvalue weighted by atomic mass is 32.2. The number of nitrogens with one attached hydrogen (secondary N) is 1. The van der Waals surface area contributed by atoms with Crippen LogP contribution in [0.3, 0.4) is 0 Å². The summed E-state index contributed by atoms with van der Waals surface area (Å²) in [6, 6.07) is 13.4. The van der Waals surface area contributed by atoms with Gasteiger partial charge in [-0.1, -0.05) is 23.9 Å². The molecule has 2 aliphatic heterocycles. The molecule has 2 aliphatic rings. The van der Waals surface area contributed by atoms with Gasteiger partial charge in [0, 0.05) is 23.6 Å². The largest absolute Gasteiger partial charge is 0.508 e. The van der Waals surface area contributed by atoms with Crippen LogP contribution in [0.25, 0.3) is 0 Å². The number of fused-ring (bicyclic) bond motifs is 2. The zero-order valence-electron chi connectivity index (χ0n) is 16.7. The van der Waals surface area contributed by atoms with Crippen molar-refractivity contribution in [3.8, 4) is 17.2 Å². The molecule has 0 aromatic heterocycles. The number of rotatable bonds is 2. The van der Waals surface area contributed by atoms with E-state index in [0.29, 0.717) is 5.75 Å². The highest BCUT2D eigenvalue weighted by Crippen LogP contribution is 2.52. The minimum absolute atomic E-state index is 0.100. The number of methoxy groups -OCH3 is 1. The Morgan fingerprint density at radius 3 is 2.64 bits per heavy atom. The van der Waals surface area contributed by atoms with Gasteiger partial charge >= 0.3 is 0 Å². The predicted octanol–water partition coefficient (Wildman–Crippen LogP) is 4.61. The van der Waals surface area contributed by atoms with Gasteiger partial charge in [-0.2, -0.15) is 0 Å². The lowest BCUT2D eigenvalue weighted by atomic mass is 9.72. The van der Waals surface area contributed by atoms with Gasteiger partial charge in [0.25, 0.3) is 0 Å². The van der Waals surface area contributed by atoms with Crippen LogP contribution in [-0.4, -0.2) is 29.2 Å². The Balaban J connectivity index is 1.83. The van der Waals surface area contributed by atoms with Crippen molar-refractivity contribution in [1.29, 1.82) is 0 Å². The van der Waals surface area contributed by atoms with Crippen LogP contribution >= 0.6 is 11.8 Å². The van der Waals surface area contributed by atoms with Gasteiger partial charge in [-0.05, 0) is 56.4 Å². The third-order valence-electron chi connectivity index (χ3n) is 5.44. The van der Waals surface area contributed by atoms with E-state index in [-0.39, 0.29) is 17.4 Å². The fourth-order valence-corrected chi connectivity index (χ4v) is 4.95. The average molecular weight is 399 g/mol. The summed E-state index contributed by atoms with van der Waals surface area (Å²) in [4.78, 5) is 5.15. The van der Waals surface area contributed by atoms with E-state index < -0.39 is 5.54 Å². The lowest BCUT2D eigenvalue weighted by Crippen LogP contribution is -2.53. The van der Waals surface area contributed by atoms with E-state index in [4.69, 9.17) is 14.5 Å². The number of thioether (sulfide) groups is 1. The Hall–Kier alpha value is -2.34. The van der Waals surface area contributed by atoms with Crippen molar-refractivity contribution in [3.63, 3.8) is 0 Å². The van der Waals surface area contributed by atoms with E-state index in [2.05, 4.69) is 19.2 Å². The quantitative estimate of drug-likeness (QED) is 0.773. The van der Waals surface area contributed by atoms with Gasteiger partial charge in [-0.25, -0.2) is 0 Å². The van der Waals surface area contributed by atoms with Crippen molar-refractivity contribution in [1.82, 2.24) is 5.32 Å². The lowest BCUT2D eigenvalue weighted by Gasteiger charge is -2.47. The maximum absolute atomic E-state index is 10.1. The number of nitrogens with zero attached hydrogens (tertiary/aromatic N) is 1. The summed E-state index contributed by atoms with van der Waals surface area (Å²) >= 11 is 1.63. The summed E-state index contributed by atoms with van der Waals surface area (Å²) in [6.07, 6.45) is 3.48. The number of benzene rings is 2. The standard InChI is InChI=1S/C22H26N2O3S/c1-21(2)13-22(24-20(23-21)28-4)12-19(14-5-8-16(26-3)9-6-14)27-18-11-15(25)7-10-17(18)22/h5-11,19,25H,12-13H2,1-4H3,(H,23,24). The first-order valence-electron chi connectivity index (χ1n) is 9.40. The normalized spacial score (nSPS) is 25.3. The van der Waals surface area contributed by atoms with E-state index in [9.17, 15) is 5.11 Å². The van der Waals surface area contributed by atoms with E-state index in [1.165, 1.54) is 0 Å². The predicted molar refractivity (Wildman–Crippen MR) is 114 cm³/mol. The summed E-state index contributed by atoms with van der Waals surface area (Å²) in [6.45, 7) is 4.41. The van der Waals surface area contributed by atoms with Crippen LogP contribution < -0.4 is 14.8 Å². The second-order valence-electron chi connectivity index (χ2n) is 8.10. The Morgan fingerprint density at radius 2 is 1.96 bits per heavy atom. The molecule has 0 radical (unpaired) electrons. The smallest absolute Gasteiger partial charge is 0.157 e. The van der Waals surface area contributed by atoms with Gasteiger partial charge < -0.3 is 19.9 Å². The summed E-state index contributed by atoms with van der Waals surface area (Å²) in [5.74, 6) is 1.72. The van der Waals surface area contributed by atoms with Gasteiger partial charge in [0.05, 0.1) is 12.6 Å². The summed E-state index contributed by atoms with van der Waals surface area (Å²) in [7, 11) is 1.66. The fraction of sp³-hybridized carbons (Fsp3) is 0.409. The molecular formula is C22H26N2O3S. The van der Waals surface area contributed by atoms with Crippen molar-refractivity contribution < 1.29 is 14.6 Å². The molecule has 0 saturated carbocycles. The highest BCUT2D eigenvalue weighted by Gasteiger charge is 2.48. The van der Waals surface area contributed by atoms with Crippen molar-refractivity contribution in [3.05, 3.63) is 53.6 Å². The van der Waals surface area contributed by atoms with E-state index >= 15 is 0 Å². The minimum Gasteiger partial charge on any atom is -0.508 e. The van der Waals surface area contributed by atoms with Gasteiger partial charge in [-0.3, -0.25) is 4.99 Å². The zero-order chi connectivity index (χ0) is 19.9. The molecule has 0 saturated heterocycles. The highest BCUT2D eigenvalue weighted by molar-refractivity contribution is 8.13. The third-order valence-corrected chi connectivity index (χ3v) is 6.02. The van der Waals surface area contributed by atoms with Crippen LogP contribution in [0, 0.1) is 0 Å². The first kappa shape index (κ1) is 19.0. The number of hydrogen-bond donors (Lipinski definition) is 2. The zero-order valence-corrected chi connectivity index (χ0v) is 17.5. The number of phenols is 1. The number of amidine groups is 1. The van der Waals surface area contributed by atoms with Gasteiger partial charge in [0.2, 0.25) is 0 Å². The number of hydrogen-bond acceptors (Lipinski definition) is 6. The second-order valence-corrected chi connectivity index (χ2v) is 8.90. The molecule has 148 valence electrons. The van der Waals surface area contributed by atoms with E-state index in [0.717, 1.165) is 34.9 Å². The Bertz CT molecular complexity index is 910. The molecule has 0 aliphatic carbocycles. The SMILES string of the molecule is COc1ccc(C2CC3(CC(C)(C)NC(SC)=N3)c3ccc(O)cc3O2)cc1. The monoisotopic (exact) mass is 398 g/mol. The minimum atomic E-state index is -0.404. The van der Waals surface area contributed by atoms with Crippen LogP contribution in [0.2, 0.25) is 0 Å². The van der Waals surface area contributed by atoms with Gasteiger partial charge in [0.15, 0.2) is 5.17 Å². The third kappa shape index (κ3) is 3.41. The average Bonchev–Trinajstić information content (AvgIpc) is 2.66. The molecule has 2 N–H and O–H groups in total. The van der Waals surface area contributed by atoms with E-state index in [1.807, 2.05) is 36.6 Å². The van der Waals surface area contributed by atoms with Gasteiger partial charge in [-0.15, -0.1) is 0 Å². The molecule has 1 spiro atoms. The molecular weight excluding hydrogens is 372 g/mol. The topological polar surface area (TPSA) is 63.1 Å². The molecule has 6 heteroatoms. The number of aliphatic imine (C=N–C) groups is 1. The number of aromatic hydroxyl groups is 1. The lowest BCUT2D eigenvalue weighted by molar-refractivity contribution is 0.103. The molecule has 2 heterocycles. The van der Waals surface area contributed by atoms with Crippen molar-refractivity contribution in [2.75, 3.05) is 13.4 Å². The molecule has 28 heavy (non-hydrogen) atoms. The Morgan fingerprint density at radius 1 is 1.21 bits per heavy atom. The Kier molecular flexibility index (Phi) is 4.70. The molecule has 5 nitrogen and oxygen atoms in total. The van der Waals surface area contributed by atoms with Crippen LogP contribution in [0.1, 0.15) is 43.9 Å². The molecule has 2 aromatic rings. The molecule has 2 atom stereocenters. The second kappa shape index (κ2) is 6.92. The Labute approximate surface area is 170 Å². The van der Waals surface area contributed by atoms with Crippen molar-refractivity contribution in [2.24, 2.45) is 4.99 Å². The van der Waals surface area contributed by atoms with Crippen LogP contribution in [-0.2, 0) is 5.54 Å². The first-order valence-corrected chi connectivity index (χ1v) is 10.6. The molecule has 0 bridgehead atoms. The maximum atomic E-state index is 10.1. The van der Waals surface area contributed by atoms with Crippen LogP contribution in [0.5, 0.6) is 17.2 Å². The van der Waals surface area contributed by atoms with Crippen LogP contribution in [0.4, 0.5) is 0 Å². The molecule has 0 amide bonds. The number of phenolic OH excluding ortho intramolecular Hbond substituents is 1. The molecule has 0 fully saturated rings. The van der Waals surface area contributed by atoms with E-state index in [1.54, 1.807) is 31.0 Å². The summed E-state index contributed by atoms with van der Waals surface area (Å²) < 4.78 is 11.6. The van der Waals surface area contributed by atoms with Gasteiger partial charge in [0.1, 0.15) is 23.4 Å². The van der Waals surface area contributed by atoms with Crippen molar-refractivity contribution >= 4 is 16.9 Å². The van der Waals surface area contributed by atoms with Crippen molar-refractivity contribution in [2.45, 2.75) is 43.9 Å². The van der Waals surface area contributed by atoms with Crippen LogP contribution in [0.15, 0.2) is 47.5 Å². The summed E-state index contributed by atoms with van der Waals surface area (Å²) in [5.41, 5.74) is 1.61.